The molecule has 3 aromatic rings. The van der Waals surface area contributed by atoms with Gasteiger partial charge in [-0.05, 0) is 61.4 Å². The molecule has 5 nitrogen and oxygen atoms in total. The van der Waals surface area contributed by atoms with Gasteiger partial charge in [-0.2, -0.15) is 0 Å². The molecule has 0 aliphatic heterocycles. The monoisotopic (exact) mass is 400 g/mol. The fourth-order valence-corrected chi connectivity index (χ4v) is 4.17. The highest BCUT2D eigenvalue weighted by Crippen LogP contribution is 2.39. The maximum atomic E-state index is 13.4. The minimum absolute atomic E-state index is 0.0339. The number of nitrogens with two attached hydrogens (primary N) is 1. The Balaban J connectivity index is 1.79. The quantitative estimate of drug-likeness (QED) is 0.679. The molecule has 146 valence electrons. The van der Waals surface area contributed by atoms with Crippen LogP contribution in [0.15, 0.2) is 57.8 Å². The van der Waals surface area contributed by atoms with E-state index >= 15 is 0 Å². The normalized spacial score (nSPS) is 15.6. The fourth-order valence-electron chi connectivity index (χ4n) is 3.66. The number of hydrogen-bond acceptors (Lipinski definition) is 4. The Morgan fingerprint density at radius 1 is 0.929 bits per heavy atom. The maximum absolute atomic E-state index is 13.4. The van der Waals surface area contributed by atoms with Crippen molar-refractivity contribution in [2.75, 3.05) is 0 Å². The highest BCUT2D eigenvalue weighted by molar-refractivity contribution is 7.89. The van der Waals surface area contributed by atoms with Gasteiger partial charge in [0.25, 0.3) is 0 Å². The Kier molecular flexibility index (Phi) is 5.03. The number of primary sulfonamides is 1. The lowest BCUT2D eigenvalue weighted by molar-refractivity contribution is 0.367. The topological polar surface area (TPSA) is 86.2 Å². The van der Waals surface area contributed by atoms with Gasteiger partial charge in [-0.1, -0.05) is 19.3 Å². The van der Waals surface area contributed by atoms with Crippen molar-refractivity contribution in [3.05, 3.63) is 60.2 Å². The van der Waals surface area contributed by atoms with Gasteiger partial charge in [0.15, 0.2) is 11.7 Å². The molecule has 1 aliphatic carbocycles. The Labute approximate surface area is 163 Å². The standard InChI is InChI=1S/C21H21FN2O3S/c22-17-10-6-14(7-11-17)19-20(15-8-12-18(13-9-15)28(23,25)26)27-21(24-19)16-4-2-1-3-5-16/h6-13,16H,1-5H2,(H2,23,25,26). The number of nitrogens with zero attached hydrogens (tertiary/aromatic N) is 1. The van der Waals surface area contributed by atoms with Crippen LogP contribution in [0, 0.1) is 5.82 Å². The molecule has 1 heterocycles. The molecule has 0 spiro atoms. The minimum atomic E-state index is -3.77. The van der Waals surface area contributed by atoms with Crippen molar-refractivity contribution in [2.45, 2.75) is 42.9 Å². The molecule has 0 amide bonds. The Morgan fingerprint density at radius 3 is 2.14 bits per heavy atom. The van der Waals surface area contributed by atoms with Gasteiger partial charge >= 0.3 is 0 Å². The summed E-state index contributed by atoms with van der Waals surface area (Å²) in [6.45, 7) is 0. The summed E-state index contributed by atoms with van der Waals surface area (Å²) in [7, 11) is -3.77. The van der Waals surface area contributed by atoms with Crippen LogP contribution < -0.4 is 5.14 Å². The largest absolute Gasteiger partial charge is 0.440 e. The van der Waals surface area contributed by atoms with Crippen LogP contribution in [0.2, 0.25) is 0 Å². The Hall–Kier alpha value is -2.51. The van der Waals surface area contributed by atoms with Crippen molar-refractivity contribution in [1.29, 1.82) is 0 Å². The molecule has 4 rings (SSSR count). The van der Waals surface area contributed by atoms with E-state index in [4.69, 9.17) is 14.5 Å². The molecule has 1 aromatic heterocycles. The summed E-state index contributed by atoms with van der Waals surface area (Å²) in [6.07, 6.45) is 5.60. The molecule has 2 N–H and O–H groups in total. The van der Waals surface area contributed by atoms with Crippen molar-refractivity contribution in [2.24, 2.45) is 5.14 Å². The first-order chi connectivity index (χ1) is 13.4. The lowest BCUT2D eigenvalue weighted by atomic mass is 9.89. The van der Waals surface area contributed by atoms with Gasteiger partial charge in [0.05, 0.1) is 4.90 Å². The summed E-state index contributed by atoms with van der Waals surface area (Å²) >= 11 is 0. The molecule has 1 fully saturated rings. The van der Waals surface area contributed by atoms with Gasteiger partial charge in [0.2, 0.25) is 10.0 Å². The number of halogens is 1. The van der Waals surface area contributed by atoms with E-state index in [2.05, 4.69) is 0 Å². The summed E-state index contributed by atoms with van der Waals surface area (Å²) in [5, 5.41) is 5.18. The average molecular weight is 400 g/mol. The second kappa shape index (κ2) is 7.48. The number of rotatable bonds is 4. The molecule has 1 saturated carbocycles. The maximum Gasteiger partial charge on any atom is 0.238 e. The molecule has 1 aliphatic rings. The molecule has 28 heavy (non-hydrogen) atoms. The zero-order valence-electron chi connectivity index (χ0n) is 15.3. The summed E-state index contributed by atoms with van der Waals surface area (Å²) < 4.78 is 42.6. The number of oxazole rings is 1. The van der Waals surface area contributed by atoms with Crippen molar-refractivity contribution < 1.29 is 17.2 Å². The third kappa shape index (κ3) is 3.86. The van der Waals surface area contributed by atoms with Crippen molar-refractivity contribution >= 4 is 10.0 Å². The summed E-state index contributed by atoms with van der Waals surface area (Å²) in [5.41, 5.74) is 2.07. The minimum Gasteiger partial charge on any atom is -0.440 e. The summed E-state index contributed by atoms with van der Waals surface area (Å²) in [5.74, 6) is 1.18. The number of benzene rings is 2. The third-order valence-electron chi connectivity index (χ3n) is 5.16. The van der Waals surface area contributed by atoms with E-state index in [-0.39, 0.29) is 16.6 Å². The van der Waals surface area contributed by atoms with E-state index in [1.54, 1.807) is 24.3 Å². The van der Waals surface area contributed by atoms with E-state index in [1.807, 2.05) is 0 Å². The average Bonchev–Trinajstić information content (AvgIpc) is 3.14. The first-order valence-electron chi connectivity index (χ1n) is 9.32. The summed E-state index contributed by atoms with van der Waals surface area (Å²) in [6, 6.07) is 12.3. The van der Waals surface area contributed by atoms with E-state index < -0.39 is 10.0 Å². The predicted octanol–water partition coefficient (Wildman–Crippen LogP) is 4.84. The first-order valence-corrected chi connectivity index (χ1v) is 10.9. The Morgan fingerprint density at radius 2 is 1.54 bits per heavy atom. The van der Waals surface area contributed by atoms with Gasteiger partial charge in [-0.3, -0.25) is 0 Å². The van der Waals surface area contributed by atoms with Crippen molar-refractivity contribution in [1.82, 2.24) is 4.98 Å². The number of hydrogen-bond donors (Lipinski definition) is 1. The van der Waals surface area contributed by atoms with E-state index in [0.29, 0.717) is 22.9 Å². The molecule has 0 atom stereocenters. The molecule has 0 unspecified atom stereocenters. The zero-order chi connectivity index (χ0) is 19.7. The first kappa shape index (κ1) is 18.8. The molecule has 0 saturated heterocycles. The lowest BCUT2D eigenvalue weighted by Crippen LogP contribution is -2.11. The van der Waals surface area contributed by atoms with Crippen LogP contribution in [0.25, 0.3) is 22.6 Å². The molecule has 2 aromatic carbocycles. The van der Waals surface area contributed by atoms with E-state index in [0.717, 1.165) is 31.2 Å². The van der Waals surface area contributed by atoms with Gasteiger partial charge < -0.3 is 4.42 Å². The zero-order valence-corrected chi connectivity index (χ0v) is 16.1. The van der Waals surface area contributed by atoms with Gasteiger partial charge in [0, 0.05) is 17.0 Å². The predicted molar refractivity (Wildman–Crippen MR) is 105 cm³/mol. The number of sulfonamides is 1. The molecule has 0 radical (unpaired) electrons. The van der Waals surface area contributed by atoms with E-state index in [9.17, 15) is 12.8 Å². The van der Waals surface area contributed by atoms with Gasteiger partial charge in [-0.25, -0.2) is 22.9 Å². The SMILES string of the molecule is NS(=O)(=O)c1ccc(-c2oc(C3CCCCC3)nc2-c2ccc(F)cc2)cc1. The molecular weight excluding hydrogens is 379 g/mol. The highest BCUT2D eigenvalue weighted by Gasteiger charge is 2.24. The lowest BCUT2D eigenvalue weighted by Gasteiger charge is -2.17. The van der Waals surface area contributed by atoms with Crippen molar-refractivity contribution in [3.63, 3.8) is 0 Å². The van der Waals surface area contributed by atoms with Crippen LogP contribution in [-0.2, 0) is 10.0 Å². The van der Waals surface area contributed by atoms with Crippen LogP contribution in [0.1, 0.15) is 43.9 Å². The van der Waals surface area contributed by atoms with E-state index in [1.165, 1.54) is 30.7 Å². The number of aromatic nitrogens is 1. The summed E-state index contributed by atoms with van der Waals surface area (Å²) in [4.78, 5) is 4.78. The van der Waals surface area contributed by atoms with Crippen molar-refractivity contribution in [3.8, 4) is 22.6 Å². The van der Waals surface area contributed by atoms with Gasteiger partial charge in [0.1, 0.15) is 11.5 Å². The van der Waals surface area contributed by atoms with Gasteiger partial charge in [-0.15, -0.1) is 0 Å². The Bertz CT molecular complexity index is 1070. The molecular formula is C21H21FN2O3S. The second-order valence-corrected chi connectivity index (χ2v) is 8.70. The van der Waals surface area contributed by atoms with Crippen LogP contribution in [0.3, 0.4) is 0 Å². The fraction of sp³-hybridized carbons (Fsp3) is 0.286. The third-order valence-corrected chi connectivity index (χ3v) is 6.09. The highest BCUT2D eigenvalue weighted by atomic mass is 32.2. The smallest absolute Gasteiger partial charge is 0.238 e. The van der Waals surface area contributed by atoms with Crippen LogP contribution in [0.4, 0.5) is 4.39 Å². The van der Waals surface area contributed by atoms with Crippen LogP contribution in [0.5, 0.6) is 0 Å². The van der Waals surface area contributed by atoms with Crippen LogP contribution >= 0.6 is 0 Å². The molecule has 0 bridgehead atoms. The molecule has 7 heteroatoms. The van der Waals surface area contributed by atoms with Crippen LogP contribution in [-0.4, -0.2) is 13.4 Å². The second-order valence-electron chi connectivity index (χ2n) is 7.14.